The molecule has 0 aromatic rings. The zero-order valence-corrected chi connectivity index (χ0v) is 15.2. The molecule has 6 heteroatoms. The molecule has 0 unspecified atom stereocenters. The molecular weight excluding hydrogens is 320 g/mol. The second-order valence-corrected chi connectivity index (χ2v) is 8.09. The third-order valence-corrected chi connectivity index (χ3v) is 6.49. The molecule has 0 spiro atoms. The average Bonchev–Trinajstić information content (AvgIpc) is 3.11. The predicted octanol–water partition coefficient (Wildman–Crippen LogP) is 1.19. The Bertz CT molecular complexity index is 449. The van der Waals surface area contributed by atoms with Crippen LogP contribution in [0.3, 0.4) is 0 Å². The molecule has 4 heterocycles. The van der Waals surface area contributed by atoms with Crippen LogP contribution in [0.4, 0.5) is 0 Å². The van der Waals surface area contributed by atoms with Crippen molar-refractivity contribution in [3.8, 4) is 0 Å². The minimum Gasteiger partial charge on any atom is -0.381 e. The van der Waals surface area contributed by atoms with Gasteiger partial charge in [-0.25, -0.2) is 0 Å². The SMILES string of the molecule is O=C(NCC1CCOCC1)[C@H]1C[C@@H]2CCN(C3CCOCC3)C[C@@H]2O1. The highest BCUT2D eigenvalue weighted by molar-refractivity contribution is 5.81. The van der Waals surface area contributed by atoms with E-state index in [1.54, 1.807) is 0 Å². The van der Waals surface area contributed by atoms with Crippen LogP contribution < -0.4 is 5.32 Å². The van der Waals surface area contributed by atoms with Crippen molar-refractivity contribution in [3.05, 3.63) is 0 Å². The number of ether oxygens (including phenoxy) is 3. The first-order chi connectivity index (χ1) is 12.3. The first kappa shape index (κ1) is 17.7. The second kappa shape index (κ2) is 8.33. The fourth-order valence-corrected chi connectivity index (χ4v) is 4.81. The minimum atomic E-state index is -0.246. The van der Waals surface area contributed by atoms with E-state index in [0.717, 1.165) is 84.6 Å². The lowest BCUT2D eigenvalue weighted by atomic mass is 9.90. The molecule has 142 valence electrons. The number of fused-ring (bicyclic) bond motifs is 1. The molecule has 0 aliphatic carbocycles. The fourth-order valence-electron chi connectivity index (χ4n) is 4.81. The highest BCUT2D eigenvalue weighted by atomic mass is 16.5. The number of nitrogens with zero attached hydrogens (tertiary/aromatic N) is 1. The first-order valence-electron chi connectivity index (χ1n) is 10.1. The lowest BCUT2D eigenvalue weighted by molar-refractivity contribution is -0.133. The predicted molar refractivity (Wildman–Crippen MR) is 93.4 cm³/mol. The van der Waals surface area contributed by atoms with E-state index in [9.17, 15) is 4.79 Å². The Balaban J connectivity index is 1.23. The smallest absolute Gasteiger partial charge is 0.249 e. The number of likely N-dealkylation sites (tertiary alicyclic amines) is 1. The van der Waals surface area contributed by atoms with E-state index in [0.29, 0.717) is 17.9 Å². The van der Waals surface area contributed by atoms with E-state index < -0.39 is 0 Å². The van der Waals surface area contributed by atoms with Crippen molar-refractivity contribution in [2.75, 3.05) is 46.1 Å². The summed E-state index contributed by atoms with van der Waals surface area (Å²) in [5, 5.41) is 3.13. The molecule has 4 fully saturated rings. The highest BCUT2D eigenvalue weighted by Crippen LogP contribution is 2.35. The number of hydrogen-bond acceptors (Lipinski definition) is 5. The molecule has 0 saturated carbocycles. The molecule has 1 N–H and O–H groups in total. The van der Waals surface area contributed by atoms with Crippen LogP contribution in [0.15, 0.2) is 0 Å². The van der Waals surface area contributed by atoms with Gasteiger partial charge < -0.3 is 19.5 Å². The van der Waals surface area contributed by atoms with Crippen LogP contribution in [-0.4, -0.2) is 75.1 Å². The van der Waals surface area contributed by atoms with Crippen LogP contribution in [0, 0.1) is 11.8 Å². The van der Waals surface area contributed by atoms with E-state index in [1.807, 2.05) is 0 Å². The summed E-state index contributed by atoms with van der Waals surface area (Å²) in [6.45, 7) is 6.32. The third kappa shape index (κ3) is 4.35. The van der Waals surface area contributed by atoms with Crippen LogP contribution in [-0.2, 0) is 19.0 Å². The Morgan fingerprint density at radius 3 is 2.48 bits per heavy atom. The van der Waals surface area contributed by atoms with Gasteiger partial charge in [0, 0.05) is 45.6 Å². The maximum absolute atomic E-state index is 12.5. The van der Waals surface area contributed by atoms with E-state index in [4.69, 9.17) is 14.2 Å². The summed E-state index contributed by atoms with van der Waals surface area (Å²) in [6.07, 6.45) is 6.41. The van der Waals surface area contributed by atoms with Gasteiger partial charge in [0.25, 0.3) is 0 Å². The van der Waals surface area contributed by atoms with Crippen molar-refractivity contribution in [2.24, 2.45) is 11.8 Å². The summed E-state index contributed by atoms with van der Waals surface area (Å²) in [5.41, 5.74) is 0. The van der Waals surface area contributed by atoms with E-state index in [-0.39, 0.29) is 18.1 Å². The van der Waals surface area contributed by atoms with Crippen molar-refractivity contribution in [3.63, 3.8) is 0 Å². The number of piperidine rings is 1. The van der Waals surface area contributed by atoms with E-state index in [2.05, 4.69) is 10.2 Å². The van der Waals surface area contributed by atoms with Crippen molar-refractivity contribution < 1.29 is 19.0 Å². The number of nitrogens with one attached hydrogen (secondary N) is 1. The quantitative estimate of drug-likeness (QED) is 0.824. The summed E-state index contributed by atoms with van der Waals surface area (Å²) in [6, 6.07) is 0.639. The molecule has 0 radical (unpaired) electrons. The topological polar surface area (TPSA) is 60.0 Å². The van der Waals surface area contributed by atoms with E-state index >= 15 is 0 Å². The zero-order valence-electron chi connectivity index (χ0n) is 15.2. The first-order valence-corrected chi connectivity index (χ1v) is 10.1. The van der Waals surface area contributed by atoms with Gasteiger partial charge >= 0.3 is 0 Å². The molecule has 6 nitrogen and oxygen atoms in total. The monoisotopic (exact) mass is 352 g/mol. The highest BCUT2D eigenvalue weighted by Gasteiger charge is 2.43. The standard InChI is InChI=1S/C19H32N2O4/c22-19(20-12-14-2-7-23-8-3-14)17-11-15-1-6-21(13-18(15)25-17)16-4-9-24-10-5-16/h14-18H,1-13H2,(H,20,22)/t15-,17+,18-/m0/s1. The van der Waals surface area contributed by atoms with Gasteiger partial charge in [0.2, 0.25) is 5.91 Å². The van der Waals surface area contributed by atoms with Gasteiger partial charge in [-0.1, -0.05) is 0 Å². The number of carbonyl (C=O) groups is 1. The molecule has 1 amide bonds. The molecule has 25 heavy (non-hydrogen) atoms. The van der Waals surface area contributed by atoms with Gasteiger partial charge in [0.05, 0.1) is 6.10 Å². The molecule has 4 aliphatic rings. The molecule has 0 bridgehead atoms. The van der Waals surface area contributed by atoms with Gasteiger partial charge in [-0.2, -0.15) is 0 Å². The third-order valence-electron chi connectivity index (χ3n) is 6.49. The Labute approximate surface area is 150 Å². The normalized spacial score (nSPS) is 35.4. The molecule has 4 saturated heterocycles. The molecule has 4 rings (SSSR count). The van der Waals surface area contributed by atoms with Gasteiger partial charge in [-0.15, -0.1) is 0 Å². The number of rotatable bonds is 4. The summed E-state index contributed by atoms with van der Waals surface area (Å²) in [5.74, 6) is 1.21. The van der Waals surface area contributed by atoms with Crippen molar-refractivity contribution in [1.82, 2.24) is 10.2 Å². The Morgan fingerprint density at radius 2 is 1.72 bits per heavy atom. The number of hydrogen-bond donors (Lipinski definition) is 1. The van der Waals surface area contributed by atoms with Crippen molar-refractivity contribution in [2.45, 2.75) is 56.8 Å². The summed E-state index contributed by atoms with van der Waals surface area (Å²) < 4.78 is 17.0. The van der Waals surface area contributed by atoms with Gasteiger partial charge in [0.15, 0.2) is 0 Å². The Kier molecular flexibility index (Phi) is 5.90. The maximum atomic E-state index is 12.5. The summed E-state index contributed by atoms with van der Waals surface area (Å²) in [7, 11) is 0. The molecular formula is C19H32N2O4. The second-order valence-electron chi connectivity index (χ2n) is 8.09. The van der Waals surface area contributed by atoms with Gasteiger partial charge in [-0.3, -0.25) is 9.69 Å². The number of carbonyl (C=O) groups excluding carboxylic acids is 1. The Hall–Kier alpha value is -0.690. The summed E-state index contributed by atoms with van der Waals surface area (Å²) in [4.78, 5) is 15.1. The zero-order chi connectivity index (χ0) is 17.1. The Morgan fingerprint density at radius 1 is 1.00 bits per heavy atom. The average molecular weight is 352 g/mol. The maximum Gasteiger partial charge on any atom is 0.249 e. The molecule has 4 aliphatic heterocycles. The lowest BCUT2D eigenvalue weighted by Crippen LogP contribution is -2.49. The lowest BCUT2D eigenvalue weighted by Gasteiger charge is -2.40. The molecule has 3 atom stereocenters. The van der Waals surface area contributed by atoms with Crippen molar-refractivity contribution in [1.29, 1.82) is 0 Å². The van der Waals surface area contributed by atoms with Crippen LogP contribution in [0.25, 0.3) is 0 Å². The molecule has 0 aromatic carbocycles. The number of amides is 1. The largest absolute Gasteiger partial charge is 0.381 e. The minimum absolute atomic E-state index is 0.0958. The van der Waals surface area contributed by atoms with Gasteiger partial charge in [0.1, 0.15) is 6.10 Å². The fraction of sp³-hybridized carbons (Fsp3) is 0.947. The van der Waals surface area contributed by atoms with Crippen LogP contribution in [0.5, 0.6) is 0 Å². The molecule has 0 aromatic heterocycles. The van der Waals surface area contributed by atoms with Gasteiger partial charge in [-0.05, 0) is 56.9 Å². The summed E-state index contributed by atoms with van der Waals surface area (Å²) >= 11 is 0. The van der Waals surface area contributed by atoms with Crippen LogP contribution >= 0.6 is 0 Å². The van der Waals surface area contributed by atoms with E-state index in [1.165, 1.54) is 0 Å². The van der Waals surface area contributed by atoms with Crippen molar-refractivity contribution >= 4 is 5.91 Å². The van der Waals surface area contributed by atoms with Crippen LogP contribution in [0.2, 0.25) is 0 Å². The van der Waals surface area contributed by atoms with Crippen LogP contribution in [0.1, 0.15) is 38.5 Å².